The molecule has 1 atom stereocenters. The van der Waals surface area contributed by atoms with E-state index in [0.717, 1.165) is 61.3 Å². The van der Waals surface area contributed by atoms with Crippen LogP contribution in [0.3, 0.4) is 0 Å². The molecule has 2 aliphatic carbocycles. The summed E-state index contributed by atoms with van der Waals surface area (Å²) in [5, 5.41) is 4.68. The normalized spacial score (nSPS) is 17.8. The van der Waals surface area contributed by atoms with E-state index in [2.05, 4.69) is 28.0 Å². The van der Waals surface area contributed by atoms with Crippen LogP contribution in [0.2, 0.25) is 0 Å². The third-order valence-electron chi connectivity index (χ3n) is 10.2. The molecule has 11 heteroatoms. The van der Waals surface area contributed by atoms with Crippen molar-refractivity contribution in [2.75, 3.05) is 26.2 Å². The number of hydrogen-bond acceptors (Lipinski definition) is 5. The molecular formula is C41H49F4N5O2. The summed E-state index contributed by atoms with van der Waals surface area (Å²) in [5.74, 6) is 0.126. The number of amides is 1. The lowest BCUT2D eigenvalue weighted by Crippen LogP contribution is -2.50. The largest absolute Gasteiger partial charge is 0.416 e. The van der Waals surface area contributed by atoms with Gasteiger partial charge in [-0.3, -0.25) is 9.59 Å². The van der Waals surface area contributed by atoms with Gasteiger partial charge < -0.3 is 9.80 Å². The maximum Gasteiger partial charge on any atom is 0.416 e. The summed E-state index contributed by atoms with van der Waals surface area (Å²) in [5.41, 5.74) is 2.87. The van der Waals surface area contributed by atoms with E-state index in [1.165, 1.54) is 24.3 Å². The number of benzene rings is 1. The first kappa shape index (κ1) is 38.8. The molecule has 2 aromatic rings. The molecule has 1 unspecified atom stereocenters. The fraction of sp³-hybridized carbons (Fsp3) is 0.463. The van der Waals surface area contributed by atoms with Crippen molar-refractivity contribution in [3.63, 3.8) is 0 Å². The van der Waals surface area contributed by atoms with Gasteiger partial charge in [0.25, 0.3) is 5.56 Å². The van der Waals surface area contributed by atoms with Crippen molar-refractivity contribution in [1.29, 1.82) is 0 Å². The molecule has 1 aliphatic heterocycles. The Labute approximate surface area is 303 Å². The predicted octanol–water partition coefficient (Wildman–Crippen LogP) is 8.52. The van der Waals surface area contributed by atoms with Crippen molar-refractivity contribution >= 4 is 11.5 Å². The first-order valence-electron chi connectivity index (χ1n) is 18.5. The highest BCUT2D eigenvalue weighted by atomic mass is 19.4. The minimum atomic E-state index is -4.38. The van der Waals surface area contributed by atoms with Crippen LogP contribution in [0.15, 0.2) is 94.6 Å². The van der Waals surface area contributed by atoms with Crippen molar-refractivity contribution in [3.05, 3.63) is 123 Å². The average Bonchev–Trinajstić information content (AvgIpc) is 3.51. The van der Waals surface area contributed by atoms with Gasteiger partial charge in [0.15, 0.2) is 0 Å². The van der Waals surface area contributed by atoms with E-state index in [1.54, 1.807) is 10.8 Å². The van der Waals surface area contributed by atoms with E-state index >= 15 is 0 Å². The zero-order valence-corrected chi connectivity index (χ0v) is 30.3. The molecule has 1 aromatic carbocycles. The summed E-state index contributed by atoms with van der Waals surface area (Å²) in [7, 11) is 0. The molecule has 0 N–H and O–H groups in total. The Morgan fingerprint density at radius 2 is 1.60 bits per heavy atom. The van der Waals surface area contributed by atoms with Crippen LogP contribution >= 0.6 is 0 Å². The molecule has 0 radical (unpaired) electrons. The van der Waals surface area contributed by atoms with E-state index < -0.39 is 17.8 Å². The van der Waals surface area contributed by atoms with Gasteiger partial charge in [-0.05, 0) is 106 Å². The zero-order chi connectivity index (χ0) is 37.3. The summed E-state index contributed by atoms with van der Waals surface area (Å²) in [6.45, 7) is 9.05. The van der Waals surface area contributed by atoms with Crippen LogP contribution in [-0.2, 0) is 23.8 Å². The second kappa shape index (κ2) is 17.9. The standard InChI is InChI=1S/C41H49F4N5O2/c1-4-37-39(51)46-38(14-8-11-30-10-7-13-35(42)22-16-30)50(47-37)29(3)40(52)49(36-24-26-48(5-2)27-25-36)28-23-31-9-6-12-32(17-15-31)33-18-20-34(21-19-33)41(43,44)45/h9-10,12-13,15-22,29,36H,4-8,11,14,23-28H2,1-3H3. The minimum absolute atomic E-state index is 0.0401. The van der Waals surface area contributed by atoms with Crippen LogP contribution in [0, 0.1) is 0 Å². The van der Waals surface area contributed by atoms with E-state index in [-0.39, 0.29) is 23.3 Å². The van der Waals surface area contributed by atoms with Crippen molar-refractivity contribution < 1.29 is 22.4 Å². The van der Waals surface area contributed by atoms with Gasteiger partial charge in [-0.15, -0.1) is 0 Å². The molecule has 5 rings (SSSR count). The second-order valence-electron chi connectivity index (χ2n) is 13.6. The number of carbonyl (C=O) groups is 1. The minimum Gasteiger partial charge on any atom is -0.337 e. The van der Waals surface area contributed by atoms with Crippen LogP contribution < -0.4 is 5.56 Å². The highest BCUT2D eigenvalue weighted by Crippen LogP contribution is 2.31. The lowest BCUT2D eigenvalue weighted by molar-refractivity contribution is -0.138. The first-order valence-corrected chi connectivity index (χ1v) is 18.5. The van der Waals surface area contributed by atoms with Crippen molar-refractivity contribution in [3.8, 4) is 0 Å². The number of carbonyl (C=O) groups excluding carboxylic acids is 1. The number of halogens is 4. The third-order valence-corrected chi connectivity index (χ3v) is 10.2. The highest BCUT2D eigenvalue weighted by Gasteiger charge is 2.33. The lowest BCUT2D eigenvalue weighted by Gasteiger charge is -2.39. The molecule has 1 amide bonds. The van der Waals surface area contributed by atoms with Gasteiger partial charge >= 0.3 is 6.18 Å². The third kappa shape index (κ3) is 10.1. The molecule has 1 saturated heterocycles. The molecule has 7 nitrogen and oxygen atoms in total. The maximum atomic E-state index is 14.6. The molecule has 0 spiro atoms. The van der Waals surface area contributed by atoms with E-state index in [0.29, 0.717) is 68.6 Å². The number of aryl methyl sites for hydroxylation is 2. The summed E-state index contributed by atoms with van der Waals surface area (Å²) in [4.78, 5) is 36.2. The number of allylic oxidation sites excluding steroid dienone is 11. The van der Waals surface area contributed by atoms with Crippen molar-refractivity contribution in [2.24, 2.45) is 0 Å². The number of alkyl halides is 3. The highest BCUT2D eigenvalue weighted by molar-refractivity contribution is 5.80. The monoisotopic (exact) mass is 719 g/mol. The van der Waals surface area contributed by atoms with Gasteiger partial charge in [-0.2, -0.15) is 23.3 Å². The Bertz CT molecular complexity index is 1810. The predicted molar refractivity (Wildman–Crippen MR) is 197 cm³/mol. The summed E-state index contributed by atoms with van der Waals surface area (Å²) in [6, 6.07) is 4.55. The van der Waals surface area contributed by atoms with Crippen molar-refractivity contribution in [1.82, 2.24) is 24.6 Å². The van der Waals surface area contributed by atoms with Crippen LogP contribution in [0.25, 0.3) is 5.57 Å². The van der Waals surface area contributed by atoms with Gasteiger partial charge in [0, 0.05) is 32.1 Å². The van der Waals surface area contributed by atoms with Gasteiger partial charge in [-0.1, -0.05) is 68.0 Å². The van der Waals surface area contributed by atoms with Crippen LogP contribution in [0.5, 0.6) is 0 Å². The number of hydrogen-bond donors (Lipinski definition) is 0. The van der Waals surface area contributed by atoms with Gasteiger partial charge in [0.05, 0.1) is 5.56 Å². The SMILES string of the molecule is CCc1nn(C(C)C(=O)N(CCC2=CCC=C(c3ccc(C(F)(F)F)cc3)C=C2)C2CCN(CC)CC2)c(CCCC2=CCC=C(F)C=C2)nc1=O. The van der Waals surface area contributed by atoms with E-state index in [9.17, 15) is 27.2 Å². The molecule has 0 bridgehead atoms. The topological polar surface area (TPSA) is 71.3 Å². The summed E-state index contributed by atoms with van der Waals surface area (Å²) < 4.78 is 54.6. The van der Waals surface area contributed by atoms with Crippen LogP contribution in [0.1, 0.15) is 94.4 Å². The zero-order valence-electron chi connectivity index (χ0n) is 30.3. The quantitative estimate of drug-likeness (QED) is 0.194. The van der Waals surface area contributed by atoms with E-state index in [1.807, 2.05) is 43.1 Å². The molecular weight excluding hydrogens is 670 g/mol. The van der Waals surface area contributed by atoms with Gasteiger partial charge in [0.1, 0.15) is 23.4 Å². The Morgan fingerprint density at radius 3 is 2.27 bits per heavy atom. The molecule has 0 saturated carbocycles. The Hall–Kier alpha value is -4.38. The average molecular weight is 720 g/mol. The molecule has 3 aliphatic rings. The second-order valence-corrected chi connectivity index (χ2v) is 13.6. The van der Waals surface area contributed by atoms with E-state index in [4.69, 9.17) is 0 Å². The number of aromatic nitrogens is 3. The molecule has 52 heavy (non-hydrogen) atoms. The fourth-order valence-corrected chi connectivity index (χ4v) is 6.98. The first-order chi connectivity index (χ1) is 25.0. The molecule has 278 valence electrons. The summed E-state index contributed by atoms with van der Waals surface area (Å²) in [6.07, 6.45) is 16.0. The Balaban J connectivity index is 1.32. The molecule has 1 aromatic heterocycles. The van der Waals surface area contributed by atoms with Crippen LogP contribution in [-0.4, -0.2) is 62.7 Å². The van der Waals surface area contributed by atoms with Crippen LogP contribution in [0.4, 0.5) is 17.6 Å². The smallest absolute Gasteiger partial charge is 0.337 e. The molecule has 1 fully saturated rings. The number of piperidine rings is 1. The van der Waals surface area contributed by atoms with Crippen molar-refractivity contribution in [2.45, 2.75) is 96.8 Å². The van der Waals surface area contributed by atoms with Gasteiger partial charge in [-0.25, -0.2) is 9.07 Å². The Kier molecular flexibility index (Phi) is 13.4. The summed E-state index contributed by atoms with van der Waals surface area (Å²) >= 11 is 0. The van der Waals surface area contributed by atoms with Gasteiger partial charge in [0.2, 0.25) is 5.91 Å². The fourth-order valence-electron chi connectivity index (χ4n) is 6.98. The lowest BCUT2D eigenvalue weighted by atomic mass is 10.0. The maximum absolute atomic E-state index is 14.6. The number of nitrogens with zero attached hydrogens (tertiary/aromatic N) is 5. The molecule has 2 heterocycles. The Morgan fingerprint density at radius 1 is 0.923 bits per heavy atom. The number of rotatable bonds is 13. The number of likely N-dealkylation sites (tertiary alicyclic amines) is 1.